The molecule has 1 heterocycles. The quantitative estimate of drug-likeness (QED) is 0.523. The second-order valence-corrected chi connectivity index (χ2v) is 5.78. The van der Waals surface area contributed by atoms with Gasteiger partial charge in [-0.05, 0) is 29.8 Å². The van der Waals surface area contributed by atoms with Gasteiger partial charge >= 0.3 is 0 Å². The third kappa shape index (κ3) is 2.53. The average Bonchev–Trinajstić information content (AvgIpc) is 2.72. The number of anilines is 1. The molecule has 0 spiro atoms. The molecule has 1 aliphatic heterocycles. The smallest absolute Gasteiger partial charge is 0.266 e. The van der Waals surface area contributed by atoms with E-state index in [0.29, 0.717) is 11.3 Å². The number of carbonyl (C=O) groups is 1. The Balaban J connectivity index is 2.30. The lowest BCUT2D eigenvalue weighted by atomic mass is 10.2. The number of benzene rings is 1. The molecule has 0 aliphatic carbocycles. The van der Waals surface area contributed by atoms with Crippen molar-refractivity contribution in [1.82, 2.24) is 0 Å². The van der Waals surface area contributed by atoms with E-state index in [2.05, 4.69) is 11.9 Å². The first-order chi connectivity index (χ1) is 9.47. The molecule has 0 unspecified atom stereocenters. The highest BCUT2D eigenvalue weighted by atomic mass is 32.2. The standard InChI is InChI=1S/C14H10N2O3S/c1-2-3-11(9-15)14(17)16-12-5-4-10-6-7-20(18,19)13(10)8-12/h2-8H,1H2,(H,16,17)/b11-3+. The summed E-state index contributed by atoms with van der Waals surface area (Å²) in [5.41, 5.74) is 0.776. The summed E-state index contributed by atoms with van der Waals surface area (Å²) in [7, 11) is -3.43. The lowest BCUT2D eigenvalue weighted by Crippen LogP contribution is -2.13. The van der Waals surface area contributed by atoms with Crippen LogP contribution in [0.5, 0.6) is 0 Å². The van der Waals surface area contributed by atoms with E-state index in [1.54, 1.807) is 18.2 Å². The van der Waals surface area contributed by atoms with Gasteiger partial charge in [0, 0.05) is 11.1 Å². The van der Waals surface area contributed by atoms with E-state index in [1.807, 2.05) is 0 Å². The van der Waals surface area contributed by atoms with Crippen LogP contribution < -0.4 is 5.32 Å². The average molecular weight is 286 g/mol. The molecule has 1 aromatic rings. The van der Waals surface area contributed by atoms with Crippen LogP contribution in [0.2, 0.25) is 0 Å². The van der Waals surface area contributed by atoms with Crippen molar-refractivity contribution in [3.8, 4) is 6.07 Å². The summed E-state index contributed by atoms with van der Waals surface area (Å²) >= 11 is 0. The molecule has 100 valence electrons. The van der Waals surface area contributed by atoms with Crippen molar-refractivity contribution in [1.29, 1.82) is 5.26 Å². The van der Waals surface area contributed by atoms with Gasteiger partial charge in [0.1, 0.15) is 11.6 Å². The Morgan fingerprint density at radius 2 is 2.15 bits per heavy atom. The summed E-state index contributed by atoms with van der Waals surface area (Å²) in [5.74, 6) is -0.615. The van der Waals surface area contributed by atoms with Crippen molar-refractivity contribution < 1.29 is 13.2 Å². The predicted molar refractivity (Wildman–Crippen MR) is 75.2 cm³/mol. The molecule has 20 heavy (non-hydrogen) atoms. The molecule has 0 saturated heterocycles. The van der Waals surface area contributed by atoms with Gasteiger partial charge in [0.2, 0.25) is 9.84 Å². The molecule has 6 heteroatoms. The van der Waals surface area contributed by atoms with Crippen LogP contribution in [0.1, 0.15) is 5.56 Å². The van der Waals surface area contributed by atoms with E-state index in [9.17, 15) is 13.2 Å². The van der Waals surface area contributed by atoms with Gasteiger partial charge in [-0.1, -0.05) is 18.7 Å². The van der Waals surface area contributed by atoms with E-state index in [4.69, 9.17) is 5.26 Å². The summed E-state index contributed by atoms with van der Waals surface area (Å²) < 4.78 is 23.4. The van der Waals surface area contributed by atoms with Crippen molar-refractivity contribution in [3.05, 3.63) is 53.5 Å². The minimum Gasteiger partial charge on any atom is -0.321 e. The minimum atomic E-state index is -3.43. The maximum atomic E-state index is 11.8. The largest absolute Gasteiger partial charge is 0.321 e. The van der Waals surface area contributed by atoms with Crippen LogP contribution in [0, 0.1) is 11.3 Å². The molecule has 1 N–H and O–H groups in total. The monoisotopic (exact) mass is 286 g/mol. The molecule has 0 radical (unpaired) electrons. The molecule has 0 bridgehead atoms. The summed E-state index contributed by atoms with van der Waals surface area (Å²) in [5, 5.41) is 12.4. The first-order valence-corrected chi connectivity index (χ1v) is 7.14. The fourth-order valence-electron chi connectivity index (χ4n) is 1.71. The number of sulfone groups is 1. The van der Waals surface area contributed by atoms with E-state index < -0.39 is 15.7 Å². The molecule has 0 fully saturated rings. The van der Waals surface area contributed by atoms with Crippen LogP contribution in [0.4, 0.5) is 5.69 Å². The second kappa shape index (κ2) is 5.15. The van der Waals surface area contributed by atoms with Gasteiger partial charge in [0.05, 0.1) is 4.90 Å². The number of rotatable bonds is 3. The number of carbonyl (C=O) groups excluding carboxylic acids is 1. The number of hydrogen-bond acceptors (Lipinski definition) is 4. The Kier molecular flexibility index (Phi) is 3.55. The first-order valence-electron chi connectivity index (χ1n) is 5.59. The van der Waals surface area contributed by atoms with E-state index >= 15 is 0 Å². The van der Waals surface area contributed by atoms with Crippen LogP contribution >= 0.6 is 0 Å². The van der Waals surface area contributed by atoms with E-state index in [0.717, 1.165) is 5.41 Å². The van der Waals surface area contributed by atoms with Gasteiger partial charge in [-0.15, -0.1) is 0 Å². The zero-order valence-corrected chi connectivity index (χ0v) is 11.1. The third-order valence-electron chi connectivity index (χ3n) is 2.65. The molecule has 2 rings (SSSR count). The Labute approximate surface area is 116 Å². The normalized spacial score (nSPS) is 15.2. The number of fused-ring (bicyclic) bond motifs is 1. The van der Waals surface area contributed by atoms with Crippen molar-refractivity contribution in [2.24, 2.45) is 0 Å². The van der Waals surface area contributed by atoms with Crippen LogP contribution in [-0.2, 0) is 14.6 Å². The molecule has 1 amide bonds. The zero-order valence-electron chi connectivity index (χ0n) is 10.3. The highest BCUT2D eigenvalue weighted by molar-refractivity contribution is 7.94. The molecule has 1 aromatic carbocycles. The molecule has 0 aromatic heterocycles. The highest BCUT2D eigenvalue weighted by Crippen LogP contribution is 2.29. The number of nitriles is 1. The van der Waals surface area contributed by atoms with Gasteiger partial charge in [-0.2, -0.15) is 5.26 Å². The number of amides is 1. The van der Waals surface area contributed by atoms with Gasteiger partial charge < -0.3 is 5.32 Å². The summed E-state index contributed by atoms with van der Waals surface area (Å²) in [4.78, 5) is 11.9. The topological polar surface area (TPSA) is 87.0 Å². The van der Waals surface area contributed by atoms with E-state index in [1.165, 1.54) is 24.3 Å². The predicted octanol–water partition coefficient (Wildman–Crippen LogP) is 2.02. The van der Waals surface area contributed by atoms with Gasteiger partial charge in [0.25, 0.3) is 5.91 Å². The highest BCUT2D eigenvalue weighted by Gasteiger charge is 2.21. The number of nitrogens with zero attached hydrogens (tertiary/aromatic N) is 1. The SMILES string of the molecule is C=C/C=C(\C#N)C(=O)Nc1ccc2c(c1)S(=O)(=O)C=C2. The lowest BCUT2D eigenvalue weighted by molar-refractivity contribution is -0.112. The van der Waals surface area contributed by atoms with Crippen molar-refractivity contribution in [2.45, 2.75) is 4.90 Å². The maximum absolute atomic E-state index is 11.8. The van der Waals surface area contributed by atoms with Crippen molar-refractivity contribution >= 4 is 27.5 Å². The second-order valence-electron chi connectivity index (χ2n) is 3.98. The summed E-state index contributed by atoms with van der Waals surface area (Å²) in [6.45, 7) is 3.41. The van der Waals surface area contributed by atoms with Crippen LogP contribution in [0.25, 0.3) is 6.08 Å². The number of hydrogen-bond donors (Lipinski definition) is 1. The Bertz CT molecular complexity index is 796. The fraction of sp³-hybridized carbons (Fsp3) is 0. The molecular weight excluding hydrogens is 276 g/mol. The Morgan fingerprint density at radius 1 is 1.40 bits per heavy atom. The van der Waals surface area contributed by atoms with Crippen molar-refractivity contribution in [3.63, 3.8) is 0 Å². The van der Waals surface area contributed by atoms with Gasteiger partial charge in [-0.3, -0.25) is 4.79 Å². The molecular formula is C14H10N2O3S. The van der Waals surface area contributed by atoms with E-state index in [-0.39, 0.29) is 10.5 Å². The van der Waals surface area contributed by atoms with Crippen molar-refractivity contribution in [2.75, 3.05) is 5.32 Å². The first kappa shape index (κ1) is 13.8. The molecule has 5 nitrogen and oxygen atoms in total. The Morgan fingerprint density at radius 3 is 2.80 bits per heavy atom. The fourth-order valence-corrected chi connectivity index (χ4v) is 2.94. The van der Waals surface area contributed by atoms with Gasteiger partial charge in [-0.25, -0.2) is 8.42 Å². The summed E-state index contributed by atoms with van der Waals surface area (Å²) in [6.07, 6.45) is 4.10. The Hall–Kier alpha value is -2.65. The van der Waals surface area contributed by atoms with Crippen LogP contribution in [0.15, 0.2) is 52.8 Å². The number of nitrogens with one attached hydrogen (secondary N) is 1. The third-order valence-corrected chi connectivity index (χ3v) is 4.12. The maximum Gasteiger partial charge on any atom is 0.266 e. The molecule has 0 atom stereocenters. The van der Waals surface area contributed by atoms with Gasteiger partial charge in [0.15, 0.2) is 0 Å². The number of allylic oxidation sites excluding steroid dienone is 2. The minimum absolute atomic E-state index is 0.110. The molecule has 0 saturated carbocycles. The molecule has 1 aliphatic rings. The summed E-state index contributed by atoms with van der Waals surface area (Å²) in [6, 6.07) is 6.27. The van der Waals surface area contributed by atoms with Crippen LogP contribution in [-0.4, -0.2) is 14.3 Å². The zero-order chi connectivity index (χ0) is 14.8. The lowest BCUT2D eigenvalue weighted by Gasteiger charge is -2.06. The van der Waals surface area contributed by atoms with Crippen LogP contribution in [0.3, 0.4) is 0 Å².